The molecule has 5 nitrogen and oxygen atoms in total. The fourth-order valence-electron chi connectivity index (χ4n) is 2.38. The lowest BCUT2D eigenvalue weighted by molar-refractivity contribution is 0.215. The number of hydrogen-bond donors (Lipinski definition) is 1. The van der Waals surface area contributed by atoms with Crippen LogP contribution in [0.5, 0.6) is 0 Å². The fraction of sp³-hybridized carbons (Fsp3) is 0.500. The molecule has 0 aliphatic carbocycles. The fourth-order valence-corrected chi connectivity index (χ4v) is 2.38. The number of likely N-dealkylation sites (tertiary alicyclic amines) is 1. The molecule has 1 aliphatic rings. The van der Waals surface area contributed by atoms with Gasteiger partial charge in [-0.25, -0.2) is 0 Å². The molecule has 2 aromatic heterocycles. The summed E-state index contributed by atoms with van der Waals surface area (Å²) in [5.41, 5.74) is 7.29. The van der Waals surface area contributed by atoms with Crippen molar-refractivity contribution >= 4 is 11.3 Å². The van der Waals surface area contributed by atoms with Crippen molar-refractivity contribution in [1.29, 1.82) is 0 Å². The highest BCUT2D eigenvalue weighted by molar-refractivity contribution is 5.51. The normalized spacial score (nSPS) is 17.6. The van der Waals surface area contributed by atoms with E-state index in [1.165, 1.54) is 32.4 Å². The molecule has 17 heavy (non-hydrogen) atoms. The van der Waals surface area contributed by atoms with E-state index < -0.39 is 0 Å². The van der Waals surface area contributed by atoms with Crippen LogP contribution in [0.4, 0.5) is 5.69 Å². The number of nitrogen functional groups attached to an aromatic ring is 1. The van der Waals surface area contributed by atoms with E-state index in [1.807, 2.05) is 22.7 Å². The van der Waals surface area contributed by atoms with Gasteiger partial charge in [0.25, 0.3) is 0 Å². The van der Waals surface area contributed by atoms with E-state index in [0.29, 0.717) is 0 Å². The lowest BCUT2D eigenvalue weighted by atomic mass is 10.1. The number of hydrogen-bond acceptors (Lipinski definition) is 4. The quantitative estimate of drug-likeness (QED) is 0.846. The van der Waals surface area contributed by atoms with Gasteiger partial charge in [0.1, 0.15) is 0 Å². The molecule has 1 fully saturated rings. The maximum atomic E-state index is 5.73. The summed E-state index contributed by atoms with van der Waals surface area (Å²) in [5, 5.41) is 8.40. The molecule has 0 saturated carbocycles. The topological polar surface area (TPSA) is 59.5 Å². The number of fused-ring (bicyclic) bond motifs is 1. The Morgan fingerprint density at radius 1 is 1.18 bits per heavy atom. The highest BCUT2D eigenvalue weighted by atomic mass is 15.3. The predicted octanol–water partition coefficient (Wildman–Crippen LogP) is 1.30. The highest BCUT2D eigenvalue weighted by Gasteiger charge is 2.13. The van der Waals surface area contributed by atoms with E-state index in [9.17, 15) is 0 Å². The van der Waals surface area contributed by atoms with Crippen LogP contribution in [0.2, 0.25) is 0 Å². The third-order valence-electron chi connectivity index (χ3n) is 3.32. The third-order valence-corrected chi connectivity index (χ3v) is 3.32. The summed E-state index contributed by atoms with van der Waals surface area (Å²) in [7, 11) is 0. The van der Waals surface area contributed by atoms with Gasteiger partial charge < -0.3 is 5.73 Å². The van der Waals surface area contributed by atoms with E-state index in [-0.39, 0.29) is 0 Å². The molecule has 3 heterocycles. The summed E-state index contributed by atoms with van der Waals surface area (Å²) in [5.74, 6) is 1.00. The zero-order valence-electron chi connectivity index (χ0n) is 9.84. The second kappa shape index (κ2) is 4.33. The van der Waals surface area contributed by atoms with Gasteiger partial charge in [-0.15, -0.1) is 10.2 Å². The zero-order valence-corrected chi connectivity index (χ0v) is 9.84. The number of rotatable bonds is 2. The summed E-state index contributed by atoms with van der Waals surface area (Å²) in [4.78, 5) is 2.44. The van der Waals surface area contributed by atoms with Crippen LogP contribution in [0.3, 0.4) is 0 Å². The monoisotopic (exact) mass is 231 g/mol. The Hall–Kier alpha value is -1.62. The lowest BCUT2D eigenvalue weighted by Crippen LogP contribution is -2.29. The summed E-state index contributed by atoms with van der Waals surface area (Å²) in [6.45, 7) is 3.22. The molecular weight excluding hydrogens is 214 g/mol. The molecule has 0 radical (unpaired) electrons. The van der Waals surface area contributed by atoms with Crippen molar-refractivity contribution in [3.8, 4) is 0 Å². The molecule has 0 amide bonds. The van der Waals surface area contributed by atoms with Gasteiger partial charge in [-0.3, -0.25) is 9.30 Å². The number of piperidine rings is 1. The molecule has 1 aliphatic heterocycles. The Bertz CT molecular complexity index is 513. The Balaban J connectivity index is 1.84. The van der Waals surface area contributed by atoms with Crippen molar-refractivity contribution < 1.29 is 0 Å². The number of nitrogens with zero attached hydrogens (tertiary/aromatic N) is 4. The Morgan fingerprint density at radius 2 is 2.00 bits per heavy atom. The predicted molar refractivity (Wildman–Crippen MR) is 66.5 cm³/mol. The average molecular weight is 231 g/mol. The van der Waals surface area contributed by atoms with E-state index >= 15 is 0 Å². The van der Waals surface area contributed by atoms with Crippen molar-refractivity contribution in [3.63, 3.8) is 0 Å². The Morgan fingerprint density at radius 3 is 2.82 bits per heavy atom. The Labute approximate surface area is 100 Å². The molecule has 2 aromatic rings. The largest absolute Gasteiger partial charge is 0.399 e. The number of aromatic nitrogens is 3. The molecule has 2 N–H and O–H groups in total. The zero-order chi connectivity index (χ0) is 11.7. The van der Waals surface area contributed by atoms with Gasteiger partial charge in [-0.05, 0) is 32.0 Å². The maximum Gasteiger partial charge on any atom is 0.162 e. The van der Waals surface area contributed by atoms with Crippen LogP contribution in [0, 0.1) is 0 Å². The minimum Gasteiger partial charge on any atom is -0.399 e. The van der Waals surface area contributed by atoms with Crippen LogP contribution in [-0.2, 0) is 6.54 Å². The maximum absolute atomic E-state index is 5.73. The number of nitrogens with two attached hydrogens (primary N) is 1. The van der Waals surface area contributed by atoms with Crippen LogP contribution in [0.15, 0.2) is 18.3 Å². The van der Waals surface area contributed by atoms with Crippen LogP contribution in [0.25, 0.3) is 5.65 Å². The smallest absolute Gasteiger partial charge is 0.162 e. The minimum absolute atomic E-state index is 0.731. The molecule has 90 valence electrons. The highest BCUT2D eigenvalue weighted by Crippen LogP contribution is 2.14. The molecule has 0 atom stereocenters. The first kappa shape index (κ1) is 10.5. The van der Waals surface area contributed by atoms with Crippen molar-refractivity contribution in [3.05, 3.63) is 24.2 Å². The minimum atomic E-state index is 0.731. The van der Waals surface area contributed by atoms with Gasteiger partial charge in [0.2, 0.25) is 0 Å². The van der Waals surface area contributed by atoms with E-state index in [0.717, 1.165) is 23.7 Å². The van der Waals surface area contributed by atoms with E-state index in [4.69, 9.17) is 5.73 Å². The summed E-state index contributed by atoms with van der Waals surface area (Å²) in [6, 6.07) is 3.74. The van der Waals surface area contributed by atoms with E-state index in [2.05, 4.69) is 15.1 Å². The second-order valence-electron chi connectivity index (χ2n) is 4.64. The molecule has 0 aromatic carbocycles. The molecule has 0 bridgehead atoms. The third kappa shape index (κ3) is 2.10. The summed E-state index contributed by atoms with van der Waals surface area (Å²) in [6.07, 6.45) is 5.89. The molecule has 5 heteroatoms. The van der Waals surface area contributed by atoms with Gasteiger partial charge in [0, 0.05) is 18.0 Å². The van der Waals surface area contributed by atoms with Crippen LogP contribution >= 0.6 is 0 Å². The van der Waals surface area contributed by atoms with Crippen LogP contribution in [-0.4, -0.2) is 32.6 Å². The standard InChI is InChI=1S/C12H17N5/c13-10-4-7-17-11(8-10)14-15-12(17)9-16-5-2-1-3-6-16/h4,7-8H,1-3,5-6,9,13H2. The first-order valence-electron chi connectivity index (χ1n) is 6.14. The number of pyridine rings is 1. The van der Waals surface area contributed by atoms with Crippen molar-refractivity contribution in [2.24, 2.45) is 0 Å². The van der Waals surface area contributed by atoms with E-state index in [1.54, 1.807) is 0 Å². The summed E-state index contributed by atoms with van der Waals surface area (Å²) < 4.78 is 2.02. The molecule has 1 saturated heterocycles. The molecule has 3 rings (SSSR count). The first-order chi connectivity index (χ1) is 8.33. The van der Waals surface area contributed by atoms with Gasteiger partial charge >= 0.3 is 0 Å². The summed E-state index contributed by atoms with van der Waals surface area (Å²) >= 11 is 0. The molecule has 0 spiro atoms. The van der Waals surface area contributed by atoms with Crippen molar-refractivity contribution in [1.82, 2.24) is 19.5 Å². The second-order valence-corrected chi connectivity index (χ2v) is 4.64. The van der Waals surface area contributed by atoms with Crippen molar-refractivity contribution in [2.45, 2.75) is 25.8 Å². The average Bonchev–Trinajstić information content (AvgIpc) is 2.73. The molecular formula is C12H17N5. The SMILES string of the molecule is Nc1ccn2c(CN3CCCCC3)nnc2c1. The number of anilines is 1. The first-order valence-corrected chi connectivity index (χ1v) is 6.14. The van der Waals surface area contributed by atoms with Crippen LogP contribution in [0.1, 0.15) is 25.1 Å². The van der Waals surface area contributed by atoms with Gasteiger partial charge in [-0.1, -0.05) is 6.42 Å². The Kier molecular flexibility index (Phi) is 2.68. The lowest BCUT2D eigenvalue weighted by Gasteiger charge is -2.25. The van der Waals surface area contributed by atoms with Crippen LogP contribution < -0.4 is 5.73 Å². The van der Waals surface area contributed by atoms with Gasteiger partial charge in [-0.2, -0.15) is 0 Å². The van der Waals surface area contributed by atoms with Gasteiger partial charge in [0.15, 0.2) is 11.5 Å². The molecule has 0 unspecified atom stereocenters. The van der Waals surface area contributed by atoms with Gasteiger partial charge in [0.05, 0.1) is 6.54 Å². The van der Waals surface area contributed by atoms with Crippen molar-refractivity contribution in [2.75, 3.05) is 18.8 Å².